The fourth-order valence-corrected chi connectivity index (χ4v) is 16.3. The molecule has 0 rings (SSSR count). The molecule has 0 bridgehead atoms. The molecule has 6 atom stereocenters. The van der Waals surface area contributed by atoms with Gasteiger partial charge in [-0.2, -0.15) is 0 Å². The number of hydrogen-bond donors (Lipinski definition) is 3. The van der Waals surface area contributed by atoms with Crippen molar-refractivity contribution in [3.8, 4) is 0 Å². The Hall–Kier alpha value is -1.94. The second kappa shape index (κ2) is 85.5. The Morgan fingerprint density at radius 2 is 0.429 bits per heavy atom. The number of hydrogen-bond acceptors (Lipinski definition) is 15. The van der Waals surface area contributed by atoms with Crippen LogP contribution in [0.4, 0.5) is 0 Å². The van der Waals surface area contributed by atoms with Gasteiger partial charge in [-0.1, -0.05) is 458 Å². The molecule has 0 radical (unpaired) electrons. The fraction of sp³-hybridized carbons (Fsp3) is 0.957. The molecule has 666 valence electrons. The number of unbranched alkanes of at least 4 members (excludes halogenated alkanes) is 64. The van der Waals surface area contributed by atoms with E-state index >= 15 is 0 Å². The van der Waals surface area contributed by atoms with Gasteiger partial charge in [-0.05, 0) is 31.6 Å². The maximum absolute atomic E-state index is 13.2. The van der Waals surface area contributed by atoms with Gasteiger partial charge in [-0.15, -0.1) is 0 Å². The van der Waals surface area contributed by atoms with Gasteiger partial charge >= 0.3 is 39.5 Å². The molecular formula is C93H182O17P2. The van der Waals surface area contributed by atoms with Crippen molar-refractivity contribution < 1.29 is 80.2 Å². The Morgan fingerprint density at radius 3 is 0.634 bits per heavy atom. The number of aliphatic hydroxyl groups is 1. The van der Waals surface area contributed by atoms with Gasteiger partial charge in [0.2, 0.25) is 0 Å². The minimum absolute atomic E-state index is 0.109. The summed E-state index contributed by atoms with van der Waals surface area (Å²) in [6, 6.07) is 0. The lowest BCUT2D eigenvalue weighted by molar-refractivity contribution is -0.161. The molecule has 3 unspecified atom stereocenters. The number of aliphatic hydroxyl groups excluding tert-OH is 1. The van der Waals surface area contributed by atoms with Crippen LogP contribution in [0.2, 0.25) is 0 Å². The molecule has 0 heterocycles. The molecule has 0 spiro atoms. The van der Waals surface area contributed by atoms with Crippen molar-refractivity contribution in [3.63, 3.8) is 0 Å². The second-order valence-corrected chi connectivity index (χ2v) is 36.6. The summed E-state index contributed by atoms with van der Waals surface area (Å²) < 4.78 is 69.1. The van der Waals surface area contributed by atoms with Crippen molar-refractivity contribution in [3.05, 3.63) is 0 Å². The average Bonchev–Trinajstić information content (AvgIpc) is 0.985. The molecule has 0 aromatic heterocycles. The molecule has 19 heteroatoms. The molecule has 0 amide bonds. The molecule has 17 nitrogen and oxygen atoms in total. The predicted octanol–water partition coefficient (Wildman–Crippen LogP) is 29.1. The van der Waals surface area contributed by atoms with Crippen LogP contribution in [0.5, 0.6) is 0 Å². The summed E-state index contributed by atoms with van der Waals surface area (Å²) in [4.78, 5) is 73.5. The highest BCUT2D eigenvalue weighted by atomic mass is 31.2. The zero-order chi connectivity index (χ0) is 81.8. The monoisotopic (exact) mass is 1630 g/mol. The summed E-state index contributed by atoms with van der Waals surface area (Å²) in [5, 5.41) is 10.7. The summed E-state index contributed by atoms with van der Waals surface area (Å²) in [6.45, 7) is 7.41. The van der Waals surface area contributed by atoms with E-state index in [0.29, 0.717) is 25.7 Å². The first kappa shape index (κ1) is 110. The minimum Gasteiger partial charge on any atom is -0.462 e. The molecular weight excluding hydrogens is 1450 g/mol. The number of phosphoric acid groups is 2. The van der Waals surface area contributed by atoms with Crippen molar-refractivity contribution in [2.24, 2.45) is 5.92 Å². The Morgan fingerprint density at radius 1 is 0.250 bits per heavy atom. The second-order valence-electron chi connectivity index (χ2n) is 33.6. The molecule has 0 aliphatic rings. The zero-order valence-corrected chi connectivity index (χ0v) is 75.6. The lowest BCUT2D eigenvalue weighted by atomic mass is 9.99. The van der Waals surface area contributed by atoms with Crippen LogP contribution in [-0.4, -0.2) is 96.7 Å². The highest BCUT2D eigenvalue weighted by Crippen LogP contribution is 2.45. The van der Waals surface area contributed by atoms with Gasteiger partial charge in [0.05, 0.1) is 26.4 Å². The first-order valence-corrected chi connectivity index (χ1v) is 51.2. The van der Waals surface area contributed by atoms with E-state index in [2.05, 4.69) is 34.6 Å². The topological polar surface area (TPSA) is 237 Å². The molecule has 0 aromatic rings. The van der Waals surface area contributed by atoms with Crippen molar-refractivity contribution >= 4 is 39.5 Å². The minimum atomic E-state index is -4.97. The summed E-state index contributed by atoms with van der Waals surface area (Å²) >= 11 is 0. The number of carbonyl (C=O) groups is 4. The van der Waals surface area contributed by atoms with Crippen LogP contribution >= 0.6 is 15.6 Å². The van der Waals surface area contributed by atoms with Gasteiger partial charge < -0.3 is 33.8 Å². The van der Waals surface area contributed by atoms with Crippen LogP contribution < -0.4 is 0 Å². The molecule has 0 fully saturated rings. The SMILES string of the molecule is CCCCCCCCCCCCCCCCCCCCCCCC(=O)OC[C@H](COP(=O)(O)OC[C@@H](O)COP(=O)(O)OC[C@@H](COC(=O)CCCCCCCCCCC(C)CC)OC(=O)CCCCCCCCCCCCCCCCCCCC)OC(=O)CCCCCCCCCCCCCCCCCCCCCCC. The van der Waals surface area contributed by atoms with Crippen LogP contribution in [0.1, 0.15) is 510 Å². The van der Waals surface area contributed by atoms with Gasteiger partial charge in [-0.25, -0.2) is 9.13 Å². The van der Waals surface area contributed by atoms with E-state index in [1.165, 1.54) is 334 Å². The van der Waals surface area contributed by atoms with Gasteiger partial charge in [0, 0.05) is 25.7 Å². The lowest BCUT2D eigenvalue weighted by Gasteiger charge is -2.21. The third-order valence-corrected chi connectivity index (χ3v) is 24.3. The summed E-state index contributed by atoms with van der Waals surface area (Å²) in [5.74, 6) is -1.31. The maximum atomic E-state index is 13.2. The third kappa shape index (κ3) is 84.5. The zero-order valence-electron chi connectivity index (χ0n) is 73.8. The Labute approximate surface area is 689 Å². The molecule has 112 heavy (non-hydrogen) atoms. The van der Waals surface area contributed by atoms with E-state index in [9.17, 15) is 43.2 Å². The van der Waals surface area contributed by atoms with Crippen molar-refractivity contribution in [1.29, 1.82) is 0 Å². The van der Waals surface area contributed by atoms with Crippen molar-refractivity contribution in [1.82, 2.24) is 0 Å². The Kier molecular flexibility index (Phi) is 84.0. The number of esters is 4. The first-order chi connectivity index (χ1) is 54.6. The molecule has 0 aromatic carbocycles. The maximum Gasteiger partial charge on any atom is 0.472 e. The number of carbonyl (C=O) groups excluding carboxylic acids is 4. The van der Waals surface area contributed by atoms with Gasteiger partial charge in [-0.3, -0.25) is 37.3 Å². The van der Waals surface area contributed by atoms with Crippen LogP contribution in [0.3, 0.4) is 0 Å². The van der Waals surface area contributed by atoms with Crippen molar-refractivity contribution in [2.45, 2.75) is 528 Å². The molecule has 0 saturated heterocycles. The first-order valence-electron chi connectivity index (χ1n) is 48.2. The van der Waals surface area contributed by atoms with Gasteiger partial charge in [0.25, 0.3) is 0 Å². The molecule has 0 saturated carbocycles. The largest absolute Gasteiger partial charge is 0.472 e. The summed E-state index contributed by atoms with van der Waals surface area (Å²) in [6.07, 6.45) is 82.1. The van der Waals surface area contributed by atoms with Crippen LogP contribution in [0, 0.1) is 5.92 Å². The summed E-state index contributed by atoms with van der Waals surface area (Å²) in [7, 11) is -9.94. The highest BCUT2D eigenvalue weighted by Gasteiger charge is 2.31. The van der Waals surface area contributed by atoms with E-state index in [-0.39, 0.29) is 25.7 Å². The van der Waals surface area contributed by atoms with Crippen molar-refractivity contribution in [2.75, 3.05) is 39.6 Å². The molecule has 3 N–H and O–H groups in total. The number of phosphoric ester groups is 2. The molecule has 0 aliphatic carbocycles. The van der Waals surface area contributed by atoms with E-state index < -0.39 is 97.5 Å². The predicted molar refractivity (Wildman–Crippen MR) is 465 cm³/mol. The quantitative estimate of drug-likeness (QED) is 0.0222. The van der Waals surface area contributed by atoms with E-state index in [1.807, 2.05) is 0 Å². The highest BCUT2D eigenvalue weighted by molar-refractivity contribution is 7.47. The smallest absolute Gasteiger partial charge is 0.462 e. The standard InChI is InChI=1S/C93H182O17P2/c1-6-10-13-16-19-22-25-28-31-34-37-39-41-44-46-49-52-55-61-66-71-76-90(95)103-82-88(109-92(97)78-74-69-64-57-54-51-48-45-42-40-38-35-32-29-26-23-20-17-14-11-7-2)84-107-111(99,100)105-80-87(94)81-106-112(101,102)108-85-89(83-104-91(96)77-72-67-62-59-58-60-65-70-75-86(5)9-4)110-93(98)79-73-68-63-56-53-50-47-43-36-33-30-27-24-21-18-15-12-8-3/h86-89,94H,6-85H2,1-5H3,(H,99,100)(H,101,102)/t86?,87-,88-,89-/m1/s1. The Bertz CT molecular complexity index is 2120. The third-order valence-electron chi connectivity index (χ3n) is 22.4. The molecule has 0 aliphatic heterocycles. The normalized spacial score (nSPS) is 13.9. The van der Waals surface area contributed by atoms with E-state index in [0.717, 1.165) is 95.8 Å². The van der Waals surface area contributed by atoms with Crippen LogP contribution in [0.15, 0.2) is 0 Å². The average molecular weight is 1630 g/mol. The number of rotatable bonds is 93. The summed E-state index contributed by atoms with van der Waals surface area (Å²) in [5.41, 5.74) is 0. The van der Waals surface area contributed by atoms with E-state index in [4.69, 9.17) is 37.0 Å². The van der Waals surface area contributed by atoms with Crippen LogP contribution in [0.25, 0.3) is 0 Å². The lowest BCUT2D eigenvalue weighted by Crippen LogP contribution is -2.30. The van der Waals surface area contributed by atoms with Crippen LogP contribution in [-0.2, 0) is 65.4 Å². The van der Waals surface area contributed by atoms with E-state index in [1.54, 1.807) is 0 Å². The number of ether oxygens (including phenoxy) is 4. The van der Waals surface area contributed by atoms with Gasteiger partial charge in [0.15, 0.2) is 12.2 Å². The fourth-order valence-electron chi connectivity index (χ4n) is 14.7. The Balaban J connectivity index is 5.24. The van der Waals surface area contributed by atoms with Gasteiger partial charge in [0.1, 0.15) is 19.3 Å².